The van der Waals surface area contributed by atoms with Gasteiger partial charge in [0.25, 0.3) is 0 Å². The first-order valence-electron chi connectivity index (χ1n) is 8.85. The Hall–Kier alpha value is -2.73. The zero-order valence-corrected chi connectivity index (χ0v) is 16.2. The Kier molecular flexibility index (Phi) is 7.07. The number of hydrogen-bond acceptors (Lipinski definition) is 3. The summed E-state index contributed by atoms with van der Waals surface area (Å²) in [5, 5.41) is 5.55. The van der Waals surface area contributed by atoms with E-state index in [0.29, 0.717) is 5.69 Å². The van der Waals surface area contributed by atoms with Gasteiger partial charge in [0.05, 0.1) is 19.1 Å². The van der Waals surface area contributed by atoms with Crippen molar-refractivity contribution in [3.8, 4) is 0 Å². The quantitative estimate of drug-likeness (QED) is 0.786. The van der Waals surface area contributed by atoms with Crippen LogP contribution < -0.4 is 10.6 Å². The number of likely N-dealkylation sites (N-methyl/N-ethyl adjacent to an activating group) is 1. The summed E-state index contributed by atoms with van der Waals surface area (Å²) < 4.78 is 13.1. The fourth-order valence-corrected chi connectivity index (χ4v) is 2.72. The first-order chi connectivity index (χ1) is 12.7. The maximum Gasteiger partial charge on any atom is 0.238 e. The van der Waals surface area contributed by atoms with Gasteiger partial charge in [0.2, 0.25) is 11.8 Å². The van der Waals surface area contributed by atoms with Crippen LogP contribution in [0.15, 0.2) is 42.5 Å². The molecule has 0 fully saturated rings. The van der Waals surface area contributed by atoms with Crippen LogP contribution in [0.4, 0.5) is 10.1 Å². The van der Waals surface area contributed by atoms with Gasteiger partial charge >= 0.3 is 0 Å². The van der Waals surface area contributed by atoms with Crippen molar-refractivity contribution in [3.63, 3.8) is 0 Å². The van der Waals surface area contributed by atoms with Gasteiger partial charge in [-0.2, -0.15) is 0 Å². The fraction of sp³-hybridized carbons (Fsp3) is 0.333. The Morgan fingerprint density at radius 2 is 1.74 bits per heavy atom. The molecule has 2 amide bonds. The first kappa shape index (κ1) is 20.6. The van der Waals surface area contributed by atoms with E-state index in [-0.39, 0.29) is 30.9 Å². The standard InChI is InChI=1S/C21H26FN3O2/c1-14-8-9-17(10-15(14)2)16(3)23-20(26)12-25(4)13-21(27)24-19-7-5-6-18(22)11-19/h5-11,16H,12-13H2,1-4H3,(H,23,26)(H,24,27)/t16-/m1/s1. The number of benzene rings is 2. The molecular weight excluding hydrogens is 345 g/mol. The number of hydrogen-bond donors (Lipinski definition) is 2. The highest BCUT2D eigenvalue weighted by Crippen LogP contribution is 2.16. The minimum absolute atomic E-state index is 0.0297. The number of rotatable bonds is 7. The molecule has 2 aromatic rings. The number of halogens is 1. The molecule has 0 spiro atoms. The molecule has 0 saturated carbocycles. The molecule has 5 nitrogen and oxygen atoms in total. The lowest BCUT2D eigenvalue weighted by atomic mass is 10.0. The van der Waals surface area contributed by atoms with Crippen LogP contribution in [0.25, 0.3) is 0 Å². The lowest BCUT2D eigenvalue weighted by Gasteiger charge is -2.19. The van der Waals surface area contributed by atoms with Crippen LogP contribution in [0.3, 0.4) is 0 Å². The molecule has 27 heavy (non-hydrogen) atoms. The Morgan fingerprint density at radius 3 is 2.41 bits per heavy atom. The Bertz CT molecular complexity index is 823. The van der Waals surface area contributed by atoms with Gasteiger partial charge in [-0.25, -0.2) is 4.39 Å². The highest BCUT2D eigenvalue weighted by molar-refractivity contribution is 5.92. The second-order valence-electron chi connectivity index (χ2n) is 6.86. The molecule has 2 aromatic carbocycles. The summed E-state index contributed by atoms with van der Waals surface area (Å²) in [7, 11) is 1.69. The maximum atomic E-state index is 13.1. The van der Waals surface area contributed by atoms with E-state index in [4.69, 9.17) is 0 Å². The predicted octanol–water partition coefficient (Wildman–Crippen LogP) is 3.19. The largest absolute Gasteiger partial charge is 0.348 e. The molecule has 0 radical (unpaired) electrons. The van der Waals surface area contributed by atoms with E-state index in [1.165, 1.54) is 29.3 Å². The molecule has 2 N–H and O–H groups in total. The third-order valence-electron chi connectivity index (χ3n) is 4.34. The highest BCUT2D eigenvalue weighted by Gasteiger charge is 2.14. The zero-order valence-electron chi connectivity index (χ0n) is 16.2. The molecule has 2 rings (SSSR count). The number of nitrogens with zero attached hydrogens (tertiary/aromatic N) is 1. The molecule has 0 aliphatic rings. The highest BCUT2D eigenvalue weighted by atomic mass is 19.1. The molecule has 144 valence electrons. The van der Waals surface area contributed by atoms with Crippen LogP contribution in [-0.4, -0.2) is 36.9 Å². The smallest absolute Gasteiger partial charge is 0.238 e. The Balaban J connectivity index is 1.82. The van der Waals surface area contributed by atoms with Gasteiger partial charge in [-0.1, -0.05) is 24.3 Å². The average molecular weight is 371 g/mol. The predicted molar refractivity (Wildman–Crippen MR) is 105 cm³/mol. The van der Waals surface area contributed by atoms with Gasteiger partial charge < -0.3 is 10.6 Å². The molecule has 0 heterocycles. The van der Waals surface area contributed by atoms with Crippen molar-refractivity contribution in [2.45, 2.75) is 26.8 Å². The topological polar surface area (TPSA) is 61.4 Å². The van der Waals surface area contributed by atoms with Gasteiger partial charge in [-0.15, -0.1) is 0 Å². The van der Waals surface area contributed by atoms with Gasteiger partial charge in [-0.3, -0.25) is 14.5 Å². The van der Waals surface area contributed by atoms with Crippen molar-refractivity contribution in [1.82, 2.24) is 10.2 Å². The van der Waals surface area contributed by atoms with E-state index < -0.39 is 5.82 Å². The van der Waals surface area contributed by atoms with Gasteiger partial charge in [0.15, 0.2) is 0 Å². The molecular formula is C21H26FN3O2. The van der Waals surface area contributed by atoms with Crippen molar-refractivity contribution in [2.24, 2.45) is 0 Å². The van der Waals surface area contributed by atoms with E-state index in [1.807, 2.05) is 32.9 Å². The normalized spacial score (nSPS) is 11.9. The summed E-state index contributed by atoms with van der Waals surface area (Å²) >= 11 is 0. The third-order valence-corrected chi connectivity index (χ3v) is 4.34. The Labute approximate surface area is 159 Å². The van der Waals surface area contributed by atoms with E-state index >= 15 is 0 Å². The van der Waals surface area contributed by atoms with Crippen LogP contribution in [0.1, 0.15) is 29.7 Å². The molecule has 1 atom stereocenters. The van der Waals surface area contributed by atoms with E-state index in [2.05, 4.69) is 16.7 Å². The van der Waals surface area contributed by atoms with Crippen LogP contribution in [0, 0.1) is 19.7 Å². The first-order valence-corrected chi connectivity index (χ1v) is 8.85. The molecule has 0 aliphatic carbocycles. The molecule has 6 heteroatoms. The molecule has 0 aromatic heterocycles. The second-order valence-corrected chi connectivity index (χ2v) is 6.86. The van der Waals surface area contributed by atoms with Gasteiger partial charge in [-0.05, 0) is 62.7 Å². The number of carbonyl (C=O) groups excluding carboxylic acids is 2. The monoisotopic (exact) mass is 371 g/mol. The summed E-state index contributed by atoms with van der Waals surface area (Å²) in [6.45, 7) is 6.14. The van der Waals surface area contributed by atoms with E-state index in [9.17, 15) is 14.0 Å². The maximum absolute atomic E-state index is 13.1. The van der Waals surface area contributed by atoms with Gasteiger partial charge in [0.1, 0.15) is 5.82 Å². The van der Waals surface area contributed by atoms with Crippen LogP contribution in [0.5, 0.6) is 0 Å². The van der Waals surface area contributed by atoms with Crippen LogP contribution in [-0.2, 0) is 9.59 Å². The minimum atomic E-state index is -0.416. The van der Waals surface area contributed by atoms with Crippen LogP contribution in [0.2, 0.25) is 0 Å². The number of amides is 2. The Morgan fingerprint density at radius 1 is 1.04 bits per heavy atom. The summed E-state index contributed by atoms with van der Waals surface area (Å²) in [4.78, 5) is 25.9. The molecule has 0 unspecified atom stereocenters. The number of carbonyl (C=O) groups is 2. The summed E-state index contributed by atoms with van der Waals surface area (Å²) in [6, 6.07) is 11.7. The van der Waals surface area contributed by atoms with Gasteiger partial charge in [0, 0.05) is 5.69 Å². The number of aryl methyl sites for hydroxylation is 2. The van der Waals surface area contributed by atoms with Crippen molar-refractivity contribution >= 4 is 17.5 Å². The number of nitrogens with one attached hydrogen (secondary N) is 2. The molecule has 0 aliphatic heterocycles. The fourth-order valence-electron chi connectivity index (χ4n) is 2.72. The third kappa shape index (κ3) is 6.49. The van der Waals surface area contributed by atoms with Crippen LogP contribution >= 0.6 is 0 Å². The SMILES string of the molecule is Cc1ccc([C@@H](C)NC(=O)CN(C)CC(=O)Nc2cccc(F)c2)cc1C. The van der Waals surface area contributed by atoms with E-state index in [1.54, 1.807) is 18.0 Å². The van der Waals surface area contributed by atoms with Crippen molar-refractivity contribution in [1.29, 1.82) is 0 Å². The molecule has 0 bridgehead atoms. The van der Waals surface area contributed by atoms with Crippen molar-refractivity contribution < 1.29 is 14.0 Å². The summed E-state index contributed by atoms with van der Waals surface area (Å²) in [6.07, 6.45) is 0. The van der Waals surface area contributed by atoms with Crippen molar-refractivity contribution in [3.05, 3.63) is 65.0 Å². The molecule has 0 saturated heterocycles. The average Bonchev–Trinajstić information content (AvgIpc) is 2.56. The second kappa shape index (κ2) is 9.28. The number of anilines is 1. The zero-order chi connectivity index (χ0) is 20.0. The lowest BCUT2D eigenvalue weighted by Crippen LogP contribution is -2.39. The summed E-state index contributed by atoms with van der Waals surface area (Å²) in [5.74, 6) is -0.888. The van der Waals surface area contributed by atoms with Crippen molar-refractivity contribution in [2.75, 3.05) is 25.5 Å². The lowest BCUT2D eigenvalue weighted by molar-refractivity contribution is -0.123. The van der Waals surface area contributed by atoms with E-state index in [0.717, 1.165) is 5.56 Å². The summed E-state index contributed by atoms with van der Waals surface area (Å²) in [5.41, 5.74) is 3.82. The minimum Gasteiger partial charge on any atom is -0.348 e.